The van der Waals surface area contributed by atoms with E-state index in [0.717, 1.165) is 6.42 Å². The van der Waals surface area contributed by atoms with E-state index < -0.39 is 0 Å². The Morgan fingerprint density at radius 2 is 2.11 bits per heavy atom. The van der Waals surface area contributed by atoms with E-state index in [1.165, 1.54) is 6.42 Å². The molecule has 0 nitrogen and oxygen atoms in total. The molecule has 0 aromatic rings. The summed E-state index contributed by atoms with van der Waals surface area (Å²) in [5.41, 5.74) is 0. The van der Waals surface area contributed by atoms with Crippen LogP contribution in [0.3, 0.4) is 0 Å². The van der Waals surface area contributed by atoms with Gasteiger partial charge in [-0.15, -0.1) is 0 Å². The molecule has 0 saturated heterocycles. The Morgan fingerprint density at radius 3 is 2.44 bits per heavy atom. The number of hydrogen-bond donors (Lipinski definition) is 0. The second-order valence-corrected chi connectivity index (χ2v) is 8.00. The van der Waals surface area contributed by atoms with Gasteiger partial charge in [-0.25, -0.2) is 0 Å². The van der Waals surface area contributed by atoms with Crippen LogP contribution in [-0.4, -0.2) is 19.8 Å². The molecule has 0 unspecified atom stereocenters. The maximum atomic E-state index is 3.81. The Kier molecular flexibility index (Phi) is 4.46. The molecule has 0 atom stereocenters. The van der Waals surface area contributed by atoms with Crippen molar-refractivity contribution in [1.82, 2.24) is 0 Å². The molecule has 53 valence electrons. The Morgan fingerprint density at radius 1 is 1.56 bits per heavy atom. The Balaban J connectivity index is 3.70. The van der Waals surface area contributed by atoms with Gasteiger partial charge in [-0.3, -0.25) is 0 Å². The Hall–Kier alpha value is 0.413. The molecule has 0 aromatic heterocycles. The van der Waals surface area contributed by atoms with Crippen molar-refractivity contribution in [3.05, 3.63) is 6.92 Å². The van der Waals surface area contributed by atoms with E-state index in [1.54, 1.807) is 0 Å². The molecule has 0 amide bonds. The molecule has 0 fully saturated rings. The topological polar surface area (TPSA) is 0 Å². The molecule has 0 bridgehead atoms. The molecule has 0 saturated carbocycles. The van der Waals surface area contributed by atoms with Gasteiger partial charge in [-0.1, -0.05) is 0 Å². The SMILES string of the molecule is [CH2]C[CH]=[GeH][C](C)(C)CC. The molecule has 0 aliphatic carbocycles. The molecule has 0 rings (SSSR count). The van der Waals surface area contributed by atoms with Gasteiger partial charge < -0.3 is 0 Å². The molecule has 0 aliphatic heterocycles. The third-order valence-corrected chi connectivity index (χ3v) is 5.59. The summed E-state index contributed by atoms with van der Waals surface area (Å²) in [7, 11) is 0. The predicted molar refractivity (Wildman–Crippen MR) is 47.5 cm³/mol. The molecule has 1 radical (unpaired) electrons. The third kappa shape index (κ3) is 4.89. The first-order valence-corrected chi connectivity index (χ1v) is 6.20. The summed E-state index contributed by atoms with van der Waals surface area (Å²) < 4.78 is 0.654. The van der Waals surface area contributed by atoms with Crippen LogP contribution in [0.5, 0.6) is 0 Å². The number of hydrogen-bond acceptors (Lipinski definition) is 0. The molecule has 0 heterocycles. The fraction of sp³-hybridized carbons (Fsp3) is 0.750. The van der Waals surface area contributed by atoms with Gasteiger partial charge in [0.2, 0.25) is 0 Å². The van der Waals surface area contributed by atoms with Crippen molar-refractivity contribution >= 4 is 19.8 Å². The van der Waals surface area contributed by atoms with Gasteiger partial charge in [0.1, 0.15) is 0 Å². The quantitative estimate of drug-likeness (QED) is 0.591. The van der Waals surface area contributed by atoms with Crippen molar-refractivity contribution in [3.8, 4) is 0 Å². The summed E-state index contributed by atoms with van der Waals surface area (Å²) in [6.07, 6.45) is 2.35. The summed E-state index contributed by atoms with van der Waals surface area (Å²) in [4.78, 5) is 2.41. The summed E-state index contributed by atoms with van der Waals surface area (Å²) in [5.74, 6) is 0. The van der Waals surface area contributed by atoms with Crippen molar-refractivity contribution in [2.24, 2.45) is 0 Å². The summed E-state index contributed by atoms with van der Waals surface area (Å²) in [6.45, 7) is 10.8. The van der Waals surface area contributed by atoms with Gasteiger partial charge in [0, 0.05) is 0 Å². The normalized spacial score (nSPS) is 12.9. The van der Waals surface area contributed by atoms with Crippen LogP contribution in [0.1, 0.15) is 33.6 Å². The van der Waals surface area contributed by atoms with Crippen molar-refractivity contribution in [3.63, 3.8) is 0 Å². The van der Waals surface area contributed by atoms with E-state index in [2.05, 4.69) is 32.5 Å². The molecule has 0 N–H and O–H groups in total. The van der Waals surface area contributed by atoms with E-state index in [0.29, 0.717) is 4.25 Å². The Bertz CT molecular complexity index is 92.7. The monoisotopic (exact) mass is 187 g/mol. The summed E-state index contributed by atoms with van der Waals surface area (Å²) in [5, 5.41) is 0. The number of rotatable bonds is 3. The second kappa shape index (κ2) is 4.26. The van der Waals surface area contributed by atoms with Crippen LogP contribution in [0.25, 0.3) is 0 Å². The molecule has 0 aromatic carbocycles. The summed E-state index contributed by atoms with van der Waals surface area (Å²) in [6, 6.07) is 0. The molecule has 0 spiro atoms. The average Bonchev–Trinajstić information content (AvgIpc) is 1.84. The van der Waals surface area contributed by atoms with Gasteiger partial charge in [-0.05, 0) is 0 Å². The van der Waals surface area contributed by atoms with E-state index in [-0.39, 0.29) is 15.0 Å². The maximum absolute atomic E-state index is 3.81. The third-order valence-electron chi connectivity index (χ3n) is 1.65. The molecular weight excluding hydrogens is 169 g/mol. The van der Waals surface area contributed by atoms with Crippen molar-refractivity contribution < 1.29 is 0 Å². The standard InChI is InChI=1S/C8H17Ge/c1-5-7-9-8(3,4)6-2/h7,9H,1,5-6H2,2-4H3. The zero-order valence-corrected chi connectivity index (χ0v) is 9.20. The van der Waals surface area contributed by atoms with E-state index in [4.69, 9.17) is 0 Å². The predicted octanol–water partition coefficient (Wildman–Crippen LogP) is 2.06. The molecular formula is C8H17Ge. The first-order chi connectivity index (χ1) is 4.12. The minimum absolute atomic E-state index is 0.0920. The van der Waals surface area contributed by atoms with Crippen LogP contribution >= 0.6 is 0 Å². The summed E-state index contributed by atoms with van der Waals surface area (Å²) >= 11 is -0.0920. The van der Waals surface area contributed by atoms with Crippen molar-refractivity contribution in [1.29, 1.82) is 0 Å². The second-order valence-electron chi connectivity index (χ2n) is 3.03. The molecule has 1 heteroatoms. The first kappa shape index (κ1) is 9.41. The van der Waals surface area contributed by atoms with Crippen LogP contribution in [0, 0.1) is 6.92 Å². The van der Waals surface area contributed by atoms with E-state index in [1.807, 2.05) is 0 Å². The zero-order chi connectivity index (χ0) is 7.33. The van der Waals surface area contributed by atoms with Gasteiger partial charge >= 0.3 is 64.6 Å². The fourth-order valence-electron chi connectivity index (χ4n) is 0.520. The van der Waals surface area contributed by atoms with Crippen LogP contribution in [-0.2, 0) is 0 Å². The van der Waals surface area contributed by atoms with Crippen molar-refractivity contribution in [2.45, 2.75) is 37.9 Å². The van der Waals surface area contributed by atoms with E-state index in [9.17, 15) is 0 Å². The first-order valence-electron chi connectivity index (χ1n) is 3.59. The van der Waals surface area contributed by atoms with E-state index >= 15 is 0 Å². The van der Waals surface area contributed by atoms with Crippen molar-refractivity contribution in [2.75, 3.05) is 0 Å². The van der Waals surface area contributed by atoms with Crippen LogP contribution in [0.2, 0.25) is 4.25 Å². The fourth-order valence-corrected chi connectivity index (χ4v) is 2.70. The van der Waals surface area contributed by atoms with Gasteiger partial charge in [0.05, 0.1) is 0 Å². The van der Waals surface area contributed by atoms with Crippen LogP contribution in [0.4, 0.5) is 0 Å². The van der Waals surface area contributed by atoms with Gasteiger partial charge in [0.25, 0.3) is 0 Å². The Labute approximate surface area is 65.1 Å². The van der Waals surface area contributed by atoms with Gasteiger partial charge in [-0.2, -0.15) is 0 Å². The van der Waals surface area contributed by atoms with Crippen LogP contribution < -0.4 is 0 Å². The zero-order valence-electron chi connectivity index (χ0n) is 6.78. The minimum atomic E-state index is -0.0920. The van der Waals surface area contributed by atoms with Crippen LogP contribution in [0.15, 0.2) is 0 Å². The molecule has 0 aliphatic rings. The van der Waals surface area contributed by atoms with Gasteiger partial charge in [0.15, 0.2) is 0 Å². The average molecular weight is 186 g/mol. The molecule has 9 heavy (non-hydrogen) atoms.